The average molecular weight is 306 g/mol. The van der Waals surface area contributed by atoms with Crippen LogP contribution in [0.25, 0.3) is 11.0 Å². The van der Waals surface area contributed by atoms with Gasteiger partial charge < -0.3 is 9.88 Å². The Morgan fingerprint density at radius 1 is 1.35 bits per heavy atom. The Bertz CT molecular complexity index is 865. The van der Waals surface area contributed by atoms with Crippen LogP contribution in [0.3, 0.4) is 0 Å². The Labute approximate surface area is 134 Å². The highest BCUT2D eigenvalue weighted by molar-refractivity contribution is 5.94. The second kappa shape index (κ2) is 5.50. The molecule has 2 heterocycles. The molecular weight excluding hydrogens is 288 g/mol. The molecule has 1 N–H and O–H groups in total. The molecule has 0 spiro atoms. The molecule has 5 nitrogen and oxygen atoms in total. The van der Waals surface area contributed by atoms with Crippen LogP contribution in [0.4, 0.5) is 5.69 Å². The molecule has 1 aliphatic rings. The molecule has 0 bridgehead atoms. The largest absolute Gasteiger partial charge is 0.331 e. The second-order valence-corrected chi connectivity index (χ2v) is 6.09. The predicted molar refractivity (Wildman–Crippen MR) is 89.3 cm³/mol. The highest BCUT2D eigenvalue weighted by Crippen LogP contribution is 2.40. The number of aromatic nitrogens is 3. The van der Waals surface area contributed by atoms with E-state index in [0.717, 1.165) is 28.1 Å². The van der Waals surface area contributed by atoms with Gasteiger partial charge in [0.25, 0.3) is 0 Å². The molecule has 1 aromatic carbocycles. The summed E-state index contributed by atoms with van der Waals surface area (Å²) in [7, 11) is 2.06. The zero-order valence-electron chi connectivity index (χ0n) is 13.0. The van der Waals surface area contributed by atoms with Crippen LogP contribution in [-0.4, -0.2) is 20.4 Å². The predicted octanol–water partition coefficient (Wildman–Crippen LogP) is 3.03. The summed E-state index contributed by atoms with van der Waals surface area (Å²) in [5.41, 5.74) is 3.73. The second-order valence-electron chi connectivity index (χ2n) is 6.09. The Balaban J connectivity index is 1.53. The first-order chi connectivity index (χ1) is 11.2. The third-order valence-electron chi connectivity index (χ3n) is 4.23. The molecule has 0 radical (unpaired) electrons. The van der Waals surface area contributed by atoms with Gasteiger partial charge in [-0.2, -0.15) is 0 Å². The molecule has 0 unspecified atom stereocenters. The maximum Gasteiger partial charge on any atom is 0.228 e. The number of nitrogens with one attached hydrogen (secondary N) is 1. The summed E-state index contributed by atoms with van der Waals surface area (Å²) in [4.78, 5) is 20.9. The summed E-state index contributed by atoms with van der Waals surface area (Å²) in [6.07, 6.45) is 6.19. The van der Waals surface area contributed by atoms with Crippen molar-refractivity contribution in [3.8, 4) is 0 Å². The van der Waals surface area contributed by atoms with E-state index in [9.17, 15) is 4.79 Å². The first kappa shape index (κ1) is 13.9. The van der Waals surface area contributed by atoms with Crippen molar-refractivity contribution in [2.24, 2.45) is 7.05 Å². The number of carbonyl (C=O) groups is 1. The molecule has 3 aromatic rings. The van der Waals surface area contributed by atoms with Crippen LogP contribution in [0.5, 0.6) is 0 Å². The van der Waals surface area contributed by atoms with Crippen LogP contribution < -0.4 is 5.32 Å². The van der Waals surface area contributed by atoms with Crippen LogP contribution in [-0.2, 0) is 18.3 Å². The molecule has 116 valence electrons. The van der Waals surface area contributed by atoms with Crippen LogP contribution in [0.15, 0.2) is 42.7 Å². The molecule has 0 saturated heterocycles. The molecule has 0 aliphatic heterocycles. The molecule has 1 aliphatic carbocycles. The maximum absolute atomic E-state index is 12.1. The maximum atomic E-state index is 12.1. The smallest absolute Gasteiger partial charge is 0.228 e. The van der Waals surface area contributed by atoms with Crippen molar-refractivity contribution in [2.75, 3.05) is 5.32 Å². The first-order valence-electron chi connectivity index (χ1n) is 7.86. The van der Waals surface area contributed by atoms with E-state index in [1.54, 1.807) is 12.4 Å². The Hall–Kier alpha value is -2.69. The van der Waals surface area contributed by atoms with E-state index in [-0.39, 0.29) is 5.91 Å². The minimum atomic E-state index is -0.0457. The third kappa shape index (κ3) is 2.82. The van der Waals surface area contributed by atoms with Gasteiger partial charge in [-0.1, -0.05) is 6.07 Å². The summed E-state index contributed by atoms with van der Waals surface area (Å²) in [5, 5.41) is 2.94. The van der Waals surface area contributed by atoms with E-state index >= 15 is 0 Å². The SMILES string of the molecule is Cn1c(C2CC2)nc2cc(NC(=O)Cc3cccnc3)ccc21. The van der Waals surface area contributed by atoms with E-state index < -0.39 is 0 Å². The number of amides is 1. The van der Waals surface area contributed by atoms with Gasteiger partial charge in [0.2, 0.25) is 5.91 Å². The van der Waals surface area contributed by atoms with Gasteiger partial charge in [0, 0.05) is 31.0 Å². The number of fused-ring (bicyclic) bond motifs is 1. The Kier molecular flexibility index (Phi) is 3.33. The Morgan fingerprint density at radius 3 is 2.96 bits per heavy atom. The van der Waals surface area contributed by atoms with Gasteiger partial charge in [0.1, 0.15) is 5.82 Å². The lowest BCUT2D eigenvalue weighted by atomic mass is 10.2. The highest BCUT2D eigenvalue weighted by Gasteiger charge is 2.28. The molecular formula is C18H18N4O. The van der Waals surface area contributed by atoms with Gasteiger partial charge in [0.05, 0.1) is 17.5 Å². The standard InChI is InChI=1S/C18H18N4O/c1-22-16-7-6-14(10-15(16)21-18(22)13-4-5-13)20-17(23)9-12-3-2-8-19-11-12/h2-3,6-8,10-11,13H,4-5,9H2,1H3,(H,20,23). The number of rotatable bonds is 4. The van der Waals surface area contributed by atoms with Crippen molar-refractivity contribution >= 4 is 22.6 Å². The lowest BCUT2D eigenvalue weighted by Gasteiger charge is -2.05. The van der Waals surface area contributed by atoms with Gasteiger partial charge in [-0.3, -0.25) is 9.78 Å². The van der Waals surface area contributed by atoms with Gasteiger partial charge in [-0.05, 0) is 42.7 Å². The minimum absolute atomic E-state index is 0.0457. The topological polar surface area (TPSA) is 59.8 Å². The van der Waals surface area contributed by atoms with Crippen LogP contribution in [0.2, 0.25) is 0 Å². The van der Waals surface area contributed by atoms with Crippen molar-refractivity contribution in [1.29, 1.82) is 0 Å². The van der Waals surface area contributed by atoms with Gasteiger partial charge in [0.15, 0.2) is 0 Å². The molecule has 23 heavy (non-hydrogen) atoms. The normalized spacial score (nSPS) is 14.1. The van der Waals surface area contributed by atoms with E-state index in [1.165, 1.54) is 12.8 Å². The lowest BCUT2D eigenvalue weighted by molar-refractivity contribution is -0.115. The Morgan fingerprint density at radius 2 is 2.22 bits per heavy atom. The number of hydrogen-bond donors (Lipinski definition) is 1. The minimum Gasteiger partial charge on any atom is -0.331 e. The van der Waals surface area contributed by atoms with E-state index in [2.05, 4.69) is 21.9 Å². The first-order valence-corrected chi connectivity index (χ1v) is 7.86. The fraction of sp³-hybridized carbons (Fsp3) is 0.278. The summed E-state index contributed by atoms with van der Waals surface area (Å²) in [5.74, 6) is 1.71. The summed E-state index contributed by atoms with van der Waals surface area (Å²) in [6.45, 7) is 0. The number of carbonyl (C=O) groups excluding carboxylic acids is 1. The van der Waals surface area contributed by atoms with Gasteiger partial charge >= 0.3 is 0 Å². The van der Waals surface area contributed by atoms with Crippen LogP contribution >= 0.6 is 0 Å². The molecule has 2 aromatic heterocycles. The van der Waals surface area contributed by atoms with Crippen molar-refractivity contribution in [2.45, 2.75) is 25.2 Å². The lowest BCUT2D eigenvalue weighted by Crippen LogP contribution is -2.14. The van der Waals surface area contributed by atoms with Gasteiger partial charge in [-0.15, -0.1) is 0 Å². The molecule has 4 rings (SSSR count). The molecule has 1 saturated carbocycles. The monoisotopic (exact) mass is 306 g/mol. The zero-order chi connectivity index (χ0) is 15.8. The number of nitrogens with zero attached hydrogens (tertiary/aromatic N) is 3. The highest BCUT2D eigenvalue weighted by atomic mass is 16.1. The number of imidazole rings is 1. The van der Waals surface area contributed by atoms with Crippen molar-refractivity contribution in [3.05, 3.63) is 54.1 Å². The number of aryl methyl sites for hydroxylation is 1. The van der Waals surface area contributed by atoms with E-state index in [1.807, 2.05) is 30.3 Å². The van der Waals surface area contributed by atoms with Crippen molar-refractivity contribution < 1.29 is 4.79 Å². The van der Waals surface area contributed by atoms with Crippen molar-refractivity contribution in [3.63, 3.8) is 0 Å². The average Bonchev–Trinajstić information content (AvgIpc) is 3.33. The van der Waals surface area contributed by atoms with E-state index in [4.69, 9.17) is 4.98 Å². The van der Waals surface area contributed by atoms with Crippen molar-refractivity contribution in [1.82, 2.24) is 14.5 Å². The zero-order valence-corrected chi connectivity index (χ0v) is 13.0. The van der Waals surface area contributed by atoms with Crippen LogP contribution in [0.1, 0.15) is 30.1 Å². The molecule has 1 fully saturated rings. The van der Waals surface area contributed by atoms with E-state index in [0.29, 0.717) is 12.3 Å². The molecule has 0 atom stereocenters. The fourth-order valence-corrected chi connectivity index (χ4v) is 2.90. The molecule has 1 amide bonds. The summed E-state index contributed by atoms with van der Waals surface area (Å²) >= 11 is 0. The third-order valence-corrected chi connectivity index (χ3v) is 4.23. The van der Waals surface area contributed by atoms with Gasteiger partial charge in [-0.25, -0.2) is 4.98 Å². The summed E-state index contributed by atoms with van der Waals surface area (Å²) in [6, 6.07) is 9.64. The quantitative estimate of drug-likeness (QED) is 0.806. The number of pyridine rings is 1. The molecule has 5 heteroatoms. The van der Waals surface area contributed by atoms with Crippen LogP contribution in [0, 0.1) is 0 Å². The number of hydrogen-bond acceptors (Lipinski definition) is 3. The number of anilines is 1. The fourth-order valence-electron chi connectivity index (χ4n) is 2.90. The number of benzene rings is 1. The summed E-state index contributed by atoms with van der Waals surface area (Å²) < 4.78 is 2.16.